The van der Waals surface area contributed by atoms with Crippen LogP contribution >= 0.6 is 11.6 Å². The minimum atomic E-state index is -4.81. The molecule has 1 aliphatic rings. The van der Waals surface area contributed by atoms with Gasteiger partial charge >= 0.3 is 6.18 Å². The first-order chi connectivity index (χ1) is 13.7. The summed E-state index contributed by atoms with van der Waals surface area (Å²) < 4.78 is 45.8. The van der Waals surface area contributed by atoms with Gasteiger partial charge in [0, 0.05) is 36.7 Å². The fraction of sp³-hybridized carbons (Fsp3) is 0.421. The molecule has 0 bridgehead atoms. The van der Waals surface area contributed by atoms with Crippen molar-refractivity contribution in [3.63, 3.8) is 0 Å². The maximum atomic E-state index is 13.5. The van der Waals surface area contributed by atoms with Crippen molar-refractivity contribution in [2.75, 3.05) is 25.1 Å². The van der Waals surface area contributed by atoms with Crippen molar-refractivity contribution in [1.82, 2.24) is 15.3 Å². The largest absolute Gasteiger partial charge is 0.434 e. The van der Waals surface area contributed by atoms with Gasteiger partial charge in [-0.2, -0.15) is 13.2 Å². The fourth-order valence-corrected chi connectivity index (χ4v) is 3.22. The van der Waals surface area contributed by atoms with E-state index in [2.05, 4.69) is 20.6 Å². The molecule has 10 heteroatoms. The minimum absolute atomic E-state index is 0.178. The number of ether oxygens (including phenoxy) is 1. The molecular weight excluding hydrogens is 409 g/mol. The number of carbonyl (C=O) groups is 1. The summed E-state index contributed by atoms with van der Waals surface area (Å²) in [6.07, 6.45) is -2.40. The number of halogens is 4. The number of carbonyl (C=O) groups excluding carboxylic acids is 1. The number of hydrogen-bond acceptors (Lipinski definition) is 5. The van der Waals surface area contributed by atoms with E-state index in [4.69, 9.17) is 16.3 Å². The zero-order chi connectivity index (χ0) is 21.0. The summed E-state index contributed by atoms with van der Waals surface area (Å²) in [6, 6.07) is 4.87. The number of aryl methyl sites for hydroxylation is 1. The number of hydrogen-bond donors (Lipinski definition) is 2. The van der Waals surface area contributed by atoms with Crippen LogP contribution in [0.4, 0.5) is 24.8 Å². The van der Waals surface area contributed by atoms with E-state index in [1.165, 1.54) is 0 Å². The Hall–Kier alpha value is -2.39. The monoisotopic (exact) mass is 428 g/mol. The van der Waals surface area contributed by atoms with E-state index in [1.54, 1.807) is 25.1 Å². The maximum Gasteiger partial charge on any atom is 0.434 e. The van der Waals surface area contributed by atoms with Crippen molar-refractivity contribution >= 4 is 29.1 Å². The Labute approximate surface area is 170 Å². The van der Waals surface area contributed by atoms with Crippen molar-refractivity contribution in [1.29, 1.82) is 0 Å². The molecule has 2 heterocycles. The summed E-state index contributed by atoms with van der Waals surface area (Å²) in [5.74, 6) is -0.932. The Bertz CT molecular complexity index is 886. The molecule has 6 nitrogen and oxygen atoms in total. The normalized spacial score (nSPS) is 15.2. The molecule has 156 valence electrons. The van der Waals surface area contributed by atoms with Crippen molar-refractivity contribution in [3.05, 3.63) is 46.2 Å². The number of alkyl halides is 3. The average molecular weight is 429 g/mol. The standard InChI is InChI=1S/C19H20ClF3N4O2/c1-11-8-13(20)2-3-15(11)26-18-25-10-14(16(27-18)19(21,22)23)17(28)24-9-12-4-6-29-7-5-12/h2-3,8,10,12H,4-7,9H2,1H3,(H,24,28)(H,25,26,27). The van der Waals surface area contributed by atoms with Crippen LogP contribution < -0.4 is 10.6 Å². The molecule has 0 atom stereocenters. The number of aromatic nitrogens is 2. The number of anilines is 2. The molecule has 2 aromatic rings. The van der Waals surface area contributed by atoms with E-state index in [9.17, 15) is 18.0 Å². The lowest BCUT2D eigenvalue weighted by atomic mass is 10.0. The van der Waals surface area contributed by atoms with Gasteiger partial charge in [0.15, 0.2) is 5.69 Å². The third kappa shape index (κ3) is 5.57. The number of rotatable bonds is 5. The Kier molecular flexibility index (Phi) is 6.59. The van der Waals surface area contributed by atoms with Gasteiger partial charge in [-0.15, -0.1) is 0 Å². The second-order valence-corrected chi connectivity index (χ2v) is 7.24. The van der Waals surface area contributed by atoms with E-state index < -0.39 is 23.3 Å². The molecular formula is C19H20ClF3N4O2. The Morgan fingerprint density at radius 1 is 1.31 bits per heavy atom. The first-order valence-corrected chi connectivity index (χ1v) is 9.45. The van der Waals surface area contributed by atoms with Crippen LogP contribution in [-0.2, 0) is 10.9 Å². The zero-order valence-electron chi connectivity index (χ0n) is 15.6. The summed E-state index contributed by atoms with van der Waals surface area (Å²) >= 11 is 5.89. The summed E-state index contributed by atoms with van der Waals surface area (Å²) in [6.45, 7) is 3.20. The van der Waals surface area contributed by atoms with Crippen molar-refractivity contribution in [2.24, 2.45) is 5.92 Å². The number of amides is 1. The number of nitrogens with one attached hydrogen (secondary N) is 2. The molecule has 1 aliphatic heterocycles. The maximum absolute atomic E-state index is 13.5. The van der Waals surface area contributed by atoms with Crippen LogP contribution in [0.15, 0.2) is 24.4 Å². The van der Waals surface area contributed by atoms with Crippen molar-refractivity contribution in [3.8, 4) is 0 Å². The highest BCUT2D eigenvalue weighted by Crippen LogP contribution is 2.31. The van der Waals surface area contributed by atoms with E-state index in [0.717, 1.165) is 19.0 Å². The Morgan fingerprint density at radius 2 is 2.03 bits per heavy atom. The van der Waals surface area contributed by atoms with Crippen molar-refractivity contribution < 1.29 is 22.7 Å². The van der Waals surface area contributed by atoms with E-state index >= 15 is 0 Å². The van der Waals surface area contributed by atoms with Gasteiger partial charge in [0.25, 0.3) is 5.91 Å². The fourth-order valence-electron chi connectivity index (χ4n) is 2.99. The van der Waals surface area contributed by atoms with E-state index in [-0.39, 0.29) is 18.4 Å². The van der Waals surface area contributed by atoms with Crippen molar-refractivity contribution in [2.45, 2.75) is 25.9 Å². The molecule has 0 spiro atoms. The van der Waals surface area contributed by atoms with Gasteiger partial charge in [0.1, 0.15) is 0 Å². The molecule has 0 radical (unpaired) electrons. The van der Waals surface area contributed by atoms with Crippen LogP contribution in [0.2, 0.25) is 5.02 Å². The first-order valence-electron chi connectivity index (χ1n) is 9.07. The van der Waals surface area contributed by atoms with Crippen LogP contribution in [0.3, 0.4) is 0 Å². The van der Waals surface area contributed by atoms with E-state index in [0.29, 0.717) is 29.5 Å². The second kappa shape index (κ2) is 8.96. The van der Waals surface area contributed by atoms with Gasteiger partial charge < -0.3 is 15.4 Å². The predicted octanol–water partition coefficient (Wildman–Crippen LogP) is 4.36. The van der Waals surface area contributed by atoms with Crippen LogP contribution in [0, 0.1) is 12.8 Å². The lowest BCUT2D eigenvalue weighted by Gasteiger charge is -2.22. The molecule has 1 fully saturated rings. The Balaban J connectivity index is 1.79. The van der Waals surface area contributed by atoms with Gasteiger partial charge in [0.2, 0.25) is 5.95 Å². The quantitative estimate of drug-likeness (QED) is 0.740. The molecule has 1 saturated heterocycles. The summed E-state index contributed by atoms with van der Waals surface area (Å²) in [5.41, 5.74) is -0.666. The van der Waals surface area contributed by atoms with Gasteiger partial charge in [-0.1, -0.05) is 11.6 Å². The van der Waals surface area contributed by atoms with E-state index in [1.807, 2.05) is 0 Å². The Morgan fingerprint density at radius 3 is 2.69 bits per heavy atom. The number of nitrogens with zero attached hydrogens (tertiary/aromatic N) is 2. The lowest BCUT2D eigenvalue weighted by molar-refractivity contribution is -0.141. The number of benzene rings is 1. The lowest BCUT2D eigenvalue weighted by Crippen LogP contribution is -2.33. The molecule has 0 unspecified atom stereocenters. The minimum Gasteiger partial charge on any atom is -0.381 e. The third-order valence-corrected chi connectivity index (χ3v) is 4.86. The molecule has 1 aromatic carbocycles. The molecule has 1 amide bonds. The van der Waals surface area contributed by atoms with Gasteiger partial charge in [0.05, 0.1) is 5.56 Å². The highest BCUT2D eigenvalue weighted by molar-refractivity contribution is 6.30. The first kappa shape index (κ1) is 21.3. The van der Waals surface area contributed by atoms with Gasteiger partial charge in [-0.25, -0.2) is 9.97 Å². The zero-order valence-corrected chi connectivity index (χ0v) is 16.4. The molecule has 2 N–H and O–H groups in total. The van der Waals surface area contributed by atoms with Gasteiger partial charge in [-0.05, 0) is 49.4 Å². The third-order valence-electron chi connectivity index (χ3n) is 4.63. The van der Waals surface area contributed by atoms with Gasteiger partial charge in [-0.3, -0.25) is 4.79 Å². The molecule has 1 aromatic heterocycles. The summed E-state index contributed by atoms with van der Waals surface area (Å²) in [4.78, 5) is 19.8. The topological polar surface area (TPSA) is 76.1 Å². The van der Waals surface area contributed by atoms with Crippen LogP contribution in [0.5, 0.6) is 0 Å². The van der Waals surface area contributed by atoms with Crippen LogP contribution in [0.25, 0.3) is 0 Å². The average Bonchev–Trinajstić information content (AvgIpc) is 2.68. The highest BCUT2D eigenvalue weighted by atomic mass is 35.5. The smallest absolute Gasteiger partial charge is 0.381 e. The predicted molar refractivity (Wildman–Crippen MR) is 102 cm³/mol. The molecule has 29 heavy (non-hydrogen) atoms. The molecule has 3 rings (SSSR count). The SMILES string of the molecule is Cc1cc(Cl)ccc1Nc1ncc(C(=O)NCC2CCOCC2)c(C(F)(F)F)n1. The molecule has 0 aliphatic carbocycles. The summed E-state index contributed by atoms with van der Waals surface area (Å²) in [7, 11) is 0. The summed E-state index contributed by atoms with van der Waals surface area (Å²) in [5, 5.41) is 5.79. The van der Waals surface area contributed by atoms with Crippen LogP contribution in [0.1, 0.15) is 34.5 Å². The molecule has 0 saturated carbocycles. The second-order valence-electron chi connectivity index (χ2n) is 6.80. The van der Waals surface area contributed by atoms with Crippen LogP contribution in [-0.4, -0.2) is 35.6 Å². The highest BCUT2D eigenvalue weighted by Gasteiger charge is 2.38.